The van der Waals surface area contributed by atoms with Crippen LogP contribution in [0.1, 0.15) is 26.2 Å². The Balaban J connectivity index is 2.72. The summed E-state index contributed by atoms with van der Waals surface area (Å²) in [6.07, 6.45) is 4.12. The monoisotopic (exact) mass is 116 g/mol. The van der Waals surface area contributed by atoms with Crippen LogP contribution in [-0.4, -0.2) is 20.6 Å². The van der Waals surface area contributed by atoms with Crippen molar-refractivity contribution in [2.75, 3.05) is 20.6 Å². The van der Waals surface area contributed by atoms with E-state index in [2.05, 4.69) is 21.0 Å². The van der Waals surface area contributed by atoms with Gasteiger partial charge in [-0.25, -0.2) is 0 Å². The van der Waals surface area contributed by atoms with Gasteiger partial charge in [0.25, 0.3) is 0 Å². The molecule has 0 aliphatic heterocycles. The van der Waals surface area contributed by atoms with E-state index in [0.717, 1.165) is 0 Å². The van der Waals surface area contributed by atoms with Crippen LogP contribution in [0.4, 0.5) is 0 Å². The van der Waals surface area contributed by atoms with E-state index in [-0.39, 0.29) is 0 Å². The van der Waals surface area contributed by atoms with Crippen molar-refractivity contribution in [1.82, 2.24) is 0 Å². The fraction of sp³-hybridized carbons (Fsp3) is 1.00. The maximum absolute atomic E-state index is 2.24. The highest BCUT2D eigenvalue weighted by atomic mass is 15.0. The predicted molar refractivity (Wildman–Crippen MR) is 37.2 cm³/mol. The molecule has 0 amide bonds. The first-order valence-corrected chi connectivity index (χ1v) is 3.56. The molecular weight excluding hydrogens is 98.1 g/mol. The van der Waals surface area contributed by atoms with E-state index in [1.807, 2.05) is 0 Å². The molecule has 0 aromatic carbocycles. The number of unbranched alkanes of at least 4 members (excludes halogenated alkanes) is 2. The van der Waals surface area contributed by atoms with Gasteiger partial charge in [-0.2, -0.15) is 0 Å². The zero-order valence-corrected chi connectivity index (χ0v) is 6.33. The lowest BCUT2D eigenvalue weighted by Crippen LogP contribution is -3.05. The lowest BCUT2D eigenvalue weighted by molar-refractivity contribution is -0.858. The van der Waals surface area contributed by atoms with E-state index in [1.54, 1.807) is 4.90 Å². The quantitative estimate of drug-likeness (QED) is 0.505. The predicted octanol–water partition coefficient (Wildman–Crippen LogP) is 0.321. The molecule has 1 heteroatoms. The van der Waals surface area contributed by atoms with Crippen LogP contribution in [-0.2, 0) is 0 Å². The minimum absolute atomic E-state index is 1.33. The molecule has 0 saturated carbocycles. The summed E-state index contributed by atoms with van der Waals surface area (Å²) in [5, 5.41) is 0. The molecular formula is C7H18N+. The highest BCUT2D eigenvalue weighted by Crippen LogP contribution is 1.88. The summed E-state index contributed by atoms with van der Waals surface area (Å²) in [5.74, 6) is 0. The Morgan fingerprint density at radius 2 is 1.75 bits per heavy atom. The number of quaternary nitrogens is 1. The third-order valence-corrected chi connectivity index (χ3v) is 1.28. The van der Waals surface area contributed by atoms with Crippen LogP contribution in [0, 0.1) is 0 Å². The Labute approximate surface area is 52.7 Å². The van der Waals surface area contributed by atoms with Crippen LogP contribution >= 0.6 is 0 Å². The Hall–Kier alpha value is -0.0400. The first-order chi connectivity index (χ1) is 3.77. The van der Waals surface area contributed by atoms with Gasteiger partial charge in [0.15, 0.2) is 0 Å². The molecule has 0 fully saturated rings. The molecule has 0 unspecified atom stereocenters. The standard InChI is InChI=1S/C7H17N/c1-4-5-6-7-8(2)3/h4-7H2,1-3H3/p+1. The molecule has 0 spiro atoms. The van der Waals surface area contributed by atoms with Gasteiger partial charge in [-0.15, -0.1) is 0 Å². The summed E-state index contributed by atoms with van der Waals surface area (Å²) in [5.41, 5.74) is 0. The van der Waals surface area contributed by atoms with E-state index in [1.165, 1.54) is 25.8 Å². The average Bonchev–Trinajstić information content (AvgIpc) is 1.66. The van der Waals surface area contributed by atoms with Gasteiger partial charge in [0.2, 0.25) is 0 Å². The van der Waals surface area contributed by atoms with Gasteiger partial charge in [0, 0.05) is 0 Å². The summed E-state index contributed by atoms with van der Waals surface area (Å²) in [7, 11) is 4.41. The summed E-state index contributed by atoms with van der Waals surface area (Å²) >= 11 is 0. The molecule has 0 radical (unpaired) electrons. The minimum atomic E-state index is 1.33. The van der Waals surface area contributed by atoms with Gasteiger partial charge >= 0.3 is 0 Å². The van der Waals surface area contributed by atoms with Gasteiger partial charge in [-0.3, -0.25) is 0 Å². The highest BCUT2D eigenvalue weighted by Gasteiger charge is 1.89. The molecule has 0 bridgehead atoms. The van der Waals surface area contributed by atoms with Gasteiger partial charge < -0.3 is 4.90 Å². The normalized spacial score (nSPS) is 10.5. The Morgan fingerprint density at radius 1 is 1.12 bits per heavy atom. The minimum Gasteiger partial charge on any atom is -0.340 e. The number of hydrogen-bond acceptors (Lipinski definition) is 0. The average molecular weight is 116 g/mol. The van der Waals surface area contributed by atoms with Crippen LogP contribution in [0.15, 0.2) is 0 Å². The Morgan fingerprint density at radius 3 is 2.12 bits per heavy atom. The molecule has 0 saturated heterocycles. The van der Waals surface area contributed by atoms with Crippen LogP contribution in [0.5, 0.6) is 0 Å². The highest BCUT2D eigenvalue weighted by molar-refractivity contribution is 4.31. The zero-order chi connectivity index (χ0) is 6.41. The van der Waals surface area contributed by atoms with Crippen molar-refractivity contribution in [3.8, 4) is 0 Å². The molecule has 50 valence electrons. The maximum Gasteiger partial charge on any atom is 0.0766 e. The molecule has 0 heterocycles. The van der Waals surface area contributed by atoms with Crippen LogP contribution in [0.25, 0.3) is 0 Å². The van der Waals surface area contributed by atoms with Gasteiger partial charge in [0.1, 0.15) is 0 Å². The molecule has 1 N–H and O–H groups in total. The van der Waals surface area contributed by atoms with Crippen molar-refractivity contribution in [2.24, 2.45) is 0 Å². The lowest BCUT2D eigenvalue weighted by Gasteiger charge is -2.04. The molecule has 8 heavy (non-hydrogen) atoms. The Bertz CT molecular complexity index is 41.7. The van der Waals surface area contributed by atoms with Crippen LogP contribution < -0.4 is 4.90 Å². The molecule has 0 aliphatic rings. The van der Waals surface area contributed by atoms with Crippen molar-refractivity contribution < 1.29 is 4.90 Å². The van der Waals surface area contributed by atoms with E-state index in [0.29, 0.717) is 0 Å². The fourth-order valence-corrected chi connectivity index (χ4v) is 0.729. The van der Waals surface area contributed by atoms with Gasteiger partial charge in [0.05, 0.1) is 20.6 Å². The smallest absolute Gasteiger partial charge is 0.0766 e. The van der Waals surface area contributed by atoms with Crippen molar-refractivity contribution in [3.63, 3.8) is 0 Å². The third kappa shape index (κ3) is 5.96. The van der Waals surface area contributed by atoms with Gasteiger partial charge in [-0.05, 0) is 12.8 Å². The summed E-state index contributed by atoms with van der Waals surface area (Å²) < 4.78 is 0. The molecule has 0 aliphatic carbocycles. The SMILES string of the molecule is CCCCC[NH+](C)C. The van der Waals surface area contributed by atoms with Crippen LogP contribution in [0.2, 0.25) is 0 Å². The summed E-state index contributed by atoms with van der Waals surface area (Å²) in [6, 6.07) is 0. The van der Waals surface area contributed by atoms with Crippen molar-refractivity contribution in [2.45, 2.75) is 26.2 Å². The zero-order valence-electron chi connectivity index (χ0n) is 6.33. The first-order valence-electron chi connectivity index (χ1n) is 3.56. The second kappa shape index (κ2) is 5.10. The number of nitrogens with one attached hydrogen (secondary N) is 1. The van der Waals surface area contributed by atoms with Crippen molar-refractivity contribution in [3.05, 3.63) is 0 Å². The topological polar surface area (TPSA) is 4.44 Å². The summed E-state index contributed by atoms with van der Waals surface area (Å²) in [4.78, 5) is 1.57. The largest absolute Gasteiger partial charge is 0.340 e. The summed E-state index contributed by atoms with van der Waals surface area (Å²) in [6.45, 7) is 3.57. The van der Waals surface area contributed by atoms with E-state index >= 15 is 0 Å². The van der Waals surface area contributed by atoms with E-state index < -0.39 is 0 Å². The molecule has 0 rings (SSSR count). The van der Waals surface area contributed by atoms with Crippen molar-refractivity contribution >= 4 is 0 Å². The fourth-order valence-electron chi connectivity index (χ4n) is 0.729. The van der Waals surface area contributed by atoms with E-state index in [4.69, 9.17) is 0 Å². The molecule has 1 nitrogen and oxygen atoms in total. The molecule has 0 aromatic heterocycles. The molecule has 0 aromatic rings. The van der Waals surface area contributed by atoms with Gasteiger partial charge in [-0.1, -0.05) is 13.3 Å². The maximum atomic E-state index is 2.24. The second-order valence-electron chi connectivity index (χ2n) is 2.66. The number of rotatable bonds is 4. The first kappa shape index (κ1) is 7.96. The third-order valence-electron chi connectivity index (χ3n) is 1.28. The lowest BCUT2D eigenvalue weighted by atomic mass is 10.2. The van der Waals surface area contributed by atoms with E-state index in [9.17, 15) is 0 Å². The molecule has 0 atom stereocenters. The van der Waals surface area contributed by atoms with Crippen LogP contribution in [0.3, 0.4) is 0 Å². The van der Waals surface area contributed by atoms with Crippen molar-refractivity contribution in [1.29, 1.82) is 0 Å². The second-order valence-corrected chi connectivity index (χ2v) is 2.66. The number of hydrogen-bond donors (Lipinski definition) is 1. The Kier molecular flexibility index (Phi) is 5.08.